The van der Waals surface area contributed by atoms with Crippen molar-refractivity contribution < 1.29 is 4.79 Å². The average Bonchev–Trinajstić information content (AvgIpc) is 2.82. The first-order valence-corrected chi connectivity index (χ1v) is 6.39. The summed E-state index contributed by atoms with van der Waals surface area (Å²) in [6, 6.07) is 11.7. The number of benzene rings is 1. The van der Waals surface area contributed by atoms with Crippen LogP contribution in [0.3, 0.4) is 0 Å². The molecule has 0 saturated carbocycles. The first kappa shape index (κ1) is 13.9. The van der Waals surface area contributed by atoms with Crippen LogP contribution in [-0.2, 0) is 11.8 Å². The summed E-state index contributed by atoms with van der Waals surface area (Å²) < 4.78 is 1.92. The predicted molar refractivity (Wildman–Crippen MR) is 80.8 cm³/mol. The van der Waals surface area contributed by atoms with Gasteiger partial charge in [-0.1, -0.05) is 12.1 Å². The third kappa shape index (κ3) is 3.98. The minimum atomic E-state index is -0.183. The molecular formula is C15H18N4O. The van der Waals surface area contributed by atoms with Gasteiger partial charge in [0.05, 0.1) is 18.5 Å². The van der Waals surface area contributed by atoms with Crippen molar-refractivity contribution in [2.75, 3.05) is 11.9 Å². The van der Waals surface area contributed by atoms with Gasteiger partial charge in [0.2, 0.25) is 0 Å². The number of anilines is 1. The summed E-state index contributed by atoms with van der Waals surface area (Å²) in [6.07, 6.45) is 3.53. The summed E-state index contributed by atoms with van der Waals surface area (Å²) in [5.74, 6) is -0.183. The molecule has 2 aromatic rings. The van der Waals surface area contributed by atoms with Crippen molar-refractivity contribution in [1.82, 2.24) is 9.99 Å². The zero-order valence-corrected chi connectivity index (χ0v) is 11.6. The molecule has 0 radical (unpaired) electrons. The van der Waals surface area contributed by atoms with Gasteiger partial charge in [0.15, 0.2) is 0 Å². The molecule has 2 rings (SSSR count). The SMILES string of the molecule is Cc1cccc(NCC(=O)NN=Cc2cccn2C)c1. The lowest BCUT2D eigenvalue weighted by molar-refractivity contribution is -0.119. The van der Waals surface area contributed by atoms with Gasteiger partial charge in [-0.15, -0.1) is 0 Å². The number of nitrogens with zero attached hydrogens (tertiary/aromatic N) is 2. The van der Waals surface area contributed by atoms with Gasteiger partial charge in [-0.3, -0.25) is 4.79 Å². The Balaban J connectivity index is 1.79. The van der Waals surface area contributed by atoms with Gasteiger partial charge < -0.3 is 9.88 Å². The maximum Gasteiger partial charge on any atom is 0.259 e. The van der Waals surface area contributed by atoms with Crippen molar-refractivity contribution in [3.63, 3.8) is 0 Å². The van der Waals surface area contributed by atoms with Crippen molar-refractivity contribution >= 4 is 17.8 Å². The number of nitrogens with one attached hydrogen (secondary N) is 2. The van der Waals surface area contributed by atoms with E-state index in [1.807, 2.05) is 61.1 Å². The van der Waals surface area contributed by atoms with E-state index >= 15 is 0 Å². The minimum absolute atomic E-state index is 0.183. The Morgan fingerprint density at radius 3 is 2.90 bits per heavy atom. The van der Waals surface area contributed by atoms with E-state index in [4.69, 9.17) is 0 Å². The molecule has 104 valence electrons. The average molecular weight is 270 g/mol. The fourth-order valence-corrected chi connectivity index (χ4v) is 1.76. The number of carbonyl (C=O) groups is 1. The number of hydrogen-bond acceptors (Lipinski definition) is 3. The topological polar surface area (TPSA) is 58.4 Å². The van der Waals surface area contributed by atoms with Crippen LogP contribution in [0.15, 0.2) is 47.7 Å². The van der Waals surface area contributed by atoms with E-state index in [9.17, 15) is 4.79 Å². The molecule has 0 bridgehead atoms. The first-order valence-electron chi connectivity index (χ1n) is 6.39. The summed E-state index contributed by atoms with van der Waals surface area (Å²) in [7, 11) is 1.92. The van der Waals surface area contributed by atoms with Gasteiger partial charge in [0, 0.05) is 18.9 Å². The Labute approximate surface area is 118 Å². The molecule has 1 heterocycles. The quantitative estimate of drug-likeness (QED) is 0.644. The van der Waals surface area contributed by atoms with Crippen molar-refractivity contribution in [1.29, 1.82) is 0 Å². The third-order valence-electron chi connectivity index (χ3n) is 2.84. The van der Waals surface area contributed by atoms with Crippen molar-refractivity contribution in [2.24, 2.45) is 12.1 Å². The van der Waals surface area contributed by atoms with E-state index in [1.165, 1.54) is 0 Å². The third-order valence-corrected chi connectivity index (χ3v) is 2.84. The van der Waals surface area contributed by atoms with Crippen LogP contribution in [0.5, 0.6) is 0 Å². The second-order valence-electron chi connectivity index (χ2n) is 4.56. The van der Waals surface area contributed by atoms with Crippen molar-refractivity contribution in [2.45, 2.75) is 6.92 Å². The number of aromatic nitrogens is 1. The fourth-order valence-electron chi connectivity index (χ4n) is 1.76. The Kier molecular flexibility index (Phi) is 4.55. The zero-order chi connectivity index (χ0) is 14.4. The van der Waals surface area contributed by atoms with E-state index in [-0.39, 0.29) is 12.5 Å². The highest BCUT2D eigenvalue weighted by Gasteiger charge is 1.99. The van der Waals surface area contributed by atoms with Gasteiger partial charge >= 0.3 is 0 Å². The second-order valence-corrected chi connectivity index (χ2v) is 4.56. The van der Waals surface area contributed by atoms with Crippen LogP contribution in [0.1, 0.15) is 11.3 Å². The monoisotopic (exact) mass is 270 g/mol. The Morgan fingerprint density at radius 1 is 1.35 bits per heavy atom. The molecule has 1 aromatic carbocycles. The highest BCUT2D eigenvalue weighted by Crippen LogP contribution is 2.08. The zero-order valence-electron chi connectivity index (χ0n) is 11.6. The molecule has 5 nitrogen and oxygen atoms in total. The number of rotatable bonds is 5. The predicted octanol–water partition coefficient (Wildman–Crippen LogP) is 1.90. The lowest BCUT2D eigenvalue weighted by atomic mass is 10.2. The van der Waals surface area contributed by atoms with Crippen LogP contribution in [-0.4, -0.2) is 23.2 Å². The summed E-state index contributed by atoms with van der Waals surface area (Å²) in [4.78, 5) is 11.6. The molecule has 0 aliphatic carbocycles. The fraction of sp³-hybridized carbons (Fsp3) is 0.200. The van der Waals surface area contributed by atoms with E-state index in [1.54, 1.807) is 6.21 Å². The highest BCUT2D eigenvalue weighted by atomic mass is 16.2. The molecule has 0 atom stereocenters. The molecule has 1 amide bonds. The summed E-state index contributed by atoms with van der Waals surface area (Å²) in [5.41, 5.74) is 5.49. The smallest absolute Gasteiger partial charge is 0.259 e. The Morgan fingerprint density at radius 2 is 2.20 bits per heavy atom. The molecule has 0 spiro atoms. The van der Waals surface area contributed by atoms with Gasteiger partial charge in [-0.2, -0.15) is 5.10 Å². The summed E-state index contributed by atoms with van der Waals surface area (Å²) >= 11 is 0. The summed E-state index contributed by atoms with van der Waals surface area (Å²) in [5, 5.41) is 6.97. The lowest BCUT2D eigenvalue weighted by Gasteiger charge is -2.05. The minimum Gasteiger partial charge on any atom is -0.376 e. The van der Waals surface area contributed by atoms with Crippen LogP contribution in [0.4, 0.5) is 5.69 Å². The largest absolute Gasteiger partial charge is 0.376 e. The van der Waals surface area contributed by atoms with Crippen LogP contribution in [0, 0.1) is 6.92 Å². The molecule has 1 aromatic heterocycles. The number of hydrogen-bond donors (Lipinski definition) is 2. The molecule has 0 aliphatic heterocycles. The number of hydrazone groups is 1. The molecule has 2 N–H and O–H groups in total. The molecule has 0 saturated heterocycles. The molecule has 20 heavy (non-hydrogen) atoms. The Bertz CT molecular complexity index is 616. The van der Waals surface area contributed by atoms with Crippen molar-refractivity contribution in [3.05, 3.63) is 53.9 Å². The molecule has 5 heteroatoms. The number of carbonyl (C=O) groups excluding carboxylic acids is 1. The first-order chi connectivity index (χ1) is 9.65. The van der Waals surface area contributed by atoms with Gasteiger partial charge in [-0.25, -0.2) is 5.43 Å². The van der Waals surface area contributed by atoms with Crippen LogP contribution in [0.2, 0.25) is 0 Å². The van der Waals surface area contributed by atoms with Crippen molar-refractivity contribution in [3.8, 4) is 0 Å². The van der Waals surface area contributed by atoms with E-state index in [0.29, 0.717) is 0 Å². The van der Waals surface area contributed by atoms with Gasteiger partial charge in [-0.05, 0) is 36.8 Å². The van der Waals surface area contributed by atoms with Gasteiger partial charge in [0.1, 0.15) is 0 Å². The van der Waals surface area contributed by atoms with Crippen LogP contribution >= 0.6 is 0 Å². The van der Waals surface area contributed by atoms with E-state index in [2.05, 4.69) is 15.8 Å². The van der Waals surface area contributed by atoms with Gasteiger partial charge in [0.25, 0.3) is 5.91 Å². The lowest BCUT2D eigenvalue weighted by Crippen LogP contribution is -2.26. The second kappa shape index (κ2) is 6.56. The summed E-state index contributed by atoms with van der Waals surface area (Å²) in [6.45, 7) is 2.20. The molecule has 0 unspecified atom stereocenters. The van der Waals surface area contributed by atoms with E-state index < -0.39 is 0 Å². The maximum absolute atomic E-state index is 11.6. The van der Waals surface area contributed by atoms with Crippen LogP contribution in [0.25, 0.3) is 0 Å². The Hall–Kier alpha value is -2.56. The normalized spacial score (nSPS) is 10.7. The van der Waals surface area contributed by atoms with E-state index in [0.717, 1.165) is 16.9 Å². The maximum atomic E-state index is 11.6. The standard InChI is InChI=1S/C15H18N4O/c1-12-5-3-6-13(9-12)16-11-15(20)18-17-10-14-7-4-8-19(14)2/h3-10,16H,11H2,1-2H3,(H,18,20). The highest BCUT2D eigenvalue weighted by molar-refractivity contribution is 5.83. The number of aryl methyl sites for hydroxylation is 2. The molecular weight excluding hydrogens is 252 g/mol. The van der Waals surface area contributed by atoms with Crippen LogP contribution < -0.4 is 10.7 Å². The number of amides is 1. The molecule has 0 fully saturated rings. The molecule has 0 aliphatic rings.